The number of anilines is 1. The Balaban J connectivity index is 2.48. The Morgan fingerprint density at radius 3 is 3.00 bits per heavy atom. The highest BCUT2D eigenvalue weighted by molar-refractivity contribution is 8.00. The molecule has 16 heavy (non-hydrogen) atoms. The second-order valence-corrected chi connectivity index (χ2v) is 4.44. The average molecular weight is 236 g/mol. The Morgan fingerprint density at radius 2 is 2.38 bits per heavy atom. The Kier molecular flexibility index (Phi) is 4.92. The molecule has 1 amide bonds. The van der Waals surface area contributed by atoms with Gasteiger partial charge in [-0.05, 0) is 24.6 Å². The molecular weight excluding hydrogens is 220 g/mol. The van der Waals surface area contributed by atoms with Gasteiger partial charge in [-0.3, -0.25) is 4.79 Å². The molecule has 0 unspecified atom stereocenters. The Morgan fingerprint density at radius 1 is 1.62 bits per heavy atom. The van der Waals surface area contributed by atoms with E-state index in [0.717, 1.165) is 16.1 Å². The predicted molar refractivity (Wildman–Crippen MR) is 69.5 cm³/mol. The number of nitrogens with two attached hydrogens (primary N) is 1. The quantitative estimate of drug-likeness (QED) is 0.467. The van der Waals surface area contributed by atoms with Gasteiger partial charge in [0.05, 0.1) is 5.75 Å². The van der Waals surface area contributed by atoms with Gasteiger partial charge in [-0.25, -0.2) is 0 Å². The molecule has 3 nitrogen and oxygen atoms in total. The number of thioether (sulfide) groups is 1. The average Bonchev–Trinajstić information content (AvgIpc) is 2.25. The SMILES string of the molecule is C=CCNC(=O)CSc1ccc(C)cc1N. The minimum Gasteiger partial charge on any atom is -0.398 e. The number of hydrogen-bond donors (Lipinski definition) is 2. The van der Waals surface area contributed by atoms with Gasteiger partial charge in [0.25, 0.3) is 0 Å². The van der Waals surface area contributed by atoms with Crippen LogP contribution < -0.4 is 11.1 Å². The summed E-state index contributed by atoms with van der Waals surface area (Å²) in [5.41, 5.74) is 7.69. The van der Waals surface area contributed by atoms with Crippen LogP contribution in [-0.2, 0) is 4.79 Å². The molecular formula is C12H16N2OS. The van der Waals surface area contributed by atoms with E-state index in [9.17, 15) is 4.79 Å². The lowest BCUT2D eigenvalue weighted by molar-refractivity contribution is -0.118. The predicted octanol–water partition coefficient (Wildman–Crippen LogP) is 1.97. The number of benzene rings is 1. The van der Waals surface area contributed by atoms with Crippen molar-refractivity contribution in [2.45, 2.75) is 11.8 Å². The van der Waals surface area contributed by atoms with Crippen molar-refractivity contribution in [1.29, 1.82) is 0 Å². The fourth-order valence-corrected chi connectivity index (χ4v) is 1.96. The molecule has 0 aromatic heterocycles. The summed E-state index contributed by atoms with van der Waals surface area (Å²) in [6.45, 7) is 6.02. The maximum Gasteiger partial charge on any atom is 0.230 e. The van der Waals surface area contributed by atoms with E-state index in [1.807, 2.05) is 25.1 Å². The summed E-state index contributed by atoms with van der Waals surface area (Å²) in [5, 5.41) is 2.71. The van der Waals surface area contributed by atoms with Gasteiger partial charge in [-0.1, -0.05) is 12.1 Å². The normalized spacial score (nSPS) is 9.81. The molecule has 1 aromatic rings. The van der Waals surface area contributed by atoms with Crippen LogP contribution >= 0.6 is 11.8 Å². The lowest BCUT2D eigenvalue weighted by atomic mass is 10.2. The standard InChI is InChI=1S/C12H16N2OS/c1-3-6-14-12(15)8-16-11-5-4-9(2)7-10(11)13/h3-5,7H,1,6,8,13H2,2H3,(H,14,15). The van der Waals surface area contributed by atoms with Crippen molar-refractivity contribution in [3.63, 3.8) is 0 Å². The summed E-state index contributed by atoms with van der Waals surface area (Å²) in [7, 11) is 0. The van der Waals surface area contributed by atoms with Crippen molar-refractivity contribution in [2.75, 3.05) is 18.0 Å². The number of carbonyl (C=O) groups excluding carboxylic acids is 1. The van der Waals surface area contributed by atoms with E-state index in [4.69, 9.17) is 5.73 Å². The maximum absolute atomic E-state index is 11.3. The third-order valence-corrected chi connectivity index (χ3v) is 3.06. The van der Waals surface area contributed by atoms with E-state index in [-0.39, 0.29) is 5.91 Å². The van der Waals surface area contributed by atoms with Crippen LogP contribution in [0.4, 0.5) is 5.69 Å². The fourth-order valence-electron chi connectivity index (χ4n) is 1.18. The molecule has 0 aliphatic rings. The molecule has 0 fully saturated rings. The van der Waals surface area contributed by atoms with E-state index in [2.05, 4.69) is 11.9 Å². The van der Waals surface area contributed by atoms with Gasteiger partial charge >= 0.3 is 0 Å². The van der Waals surface area contributed by atoms with Crippen LogP contribution in [0.5, 0.6) is 0 Å². The molecule has 86 valence electrons. The van der Waals surface area contributed by atoms with Crippen molar-refractivity contribution in [1.82, 2.24) is 5.32 Å². The van der Waals surface area contributed by atoms with Gasteiger partial charge in [0.1, 0.15) is 0 Å². The Bertz CT molecular complexity index is 391. The summed E-state index contributed by atoms with van der Waals surface area (Å²) < 4.78 is 0. The fraction of sp³-hybridized carbons (Fsp3) is 0.250. The first-order valence-electron chi connectivity index (χ1n) is 5.00. The minimum atomic E-state index is -0.00937. The first-order chi connectivity index (χ1) is 7.63. The molecule has 1 rings (SSSR count). The largest absolute Gasteiger partial charge is 0.398 e. The number of aryl methyl sites for hydroxylation is 1. The molecule has 0 heterocycles. The van der Waals surface area contributed by atoms with Crippen LogP contribution in [0.3, 0.4) is 0 Å². The number of nitrogens with one attached hydrogen (secondary N) is 1. The van der Waals surface area contributed by atoms with E-state index >= 15 is 0 Å². The number of hydrogen-bond acceptors (Lipinski definition) is 3. The van der Waals surface area contributed by atoms with Crippen molar-refractivity contribution < 1.29 is 4.79 Å². The van der Waals surface area contributed by atoms with Gasteiger partial charge in [0.15, 0.2) is 0 Å². The topological polar surface area (TPSA) is 55.1 Å². The Labute approximate surface area is 100 Å². The van der Waals surface area contributed by atoms with Gasteiger partial charge in [0.2, 0.25) is 5.91 Å². The summed E-state index contributed by atoms with van der Waals surface area (Å²) in [6.07, 6.45) is 1.66. The molecule has 4 heteroatoms. The van der Waals surface area contributed by atoms with Crippen LogP contribution in [0.2, 0.25) is 0 Å². The smallest absolute Gasteiger partial charge is 0.230 e. The molecule has 0 saturated carbocycles. The number of amides is 1. The lowest BCUT2D eigenvalue weighted by Gasteiger charge is -2.06. The van der Waals surface area contributed by atoms with E-state index in [0.29, 0.717) is 12.3 Å². The minimum absolute atomic E-state index is 0.00937. The number of nitrogen functional groups attached to an aromatic ring is 1. The van der Waals surface area contributed by atoms with Gasteiger partial charge in [-0.15, -0.1) is 18.3 Å². The monoisotopic (exact) mass is 236 g/mol. The summed E-state index contributed by atoms with van der Waals surface area (Å²) in [4.78, 5) is 12.3. The van der Waals surface area contributed by atoms with Crippen molar-refractivity contribution in [2.24, 2.45) is 0 Å². The summed E-state index contributed by atoms with van der Waals surface area (Å²) >= 11 is 1.44. The van der Waals surface area contributed by atoms with Gasteiger partial charge in [0, 0.05) is 17.1 Å². The maximum atomic E-state index is 11.3. The number of rotatable bonds is 5. The molecule has 0 bridgehead atoms. The molecule has 0 spiro atoms. The van der Waals surface area contributed by atoms with Crippen LogP contribution in [0, 0.1) is 6.92 Å². The van der Waals surface area contributed by atoms with Crippen LogP contribution in [0.1, 0.15) is 5.56 Å². The van der Waals surface area contributed by atoms with Crippen molar-refractivity contribution in [3.05, 3.63) is 36.4 Å². The van der Waals surface area contributed by atoms with Gasteiger partial charge < -0.3 is 11.1 Å². The van der Waals surface area contributed by atoms with Crippen molar-refractivity contribution >= 4 is 23.4 Å². The first-order valence-corrected chi connectivity index (χ1v) is 5.98. The second-order valence-electron chi connectivity index (χ2n) is 3.42. The highest BCUT2D eigenvalue weighted by atomic mass is 32.2. The molecule has 0 aliphatic heterocycles. The van der Waals surface area contributed by atoms with Gasteiger partial charge in [-0.2, -0.15) is 0 Å². The molecule has 1 aromatic carbocycles. The van der Waals surface area contributed by atoms with E-state index < -0.39 is 0 Å². The molecule has 0 radical (unpaired) electrons. The highest BCUT2D eigenvalue weighted by Gasteiger charge is 2.04. The third-order valence-electron chi connectivity index (χ3n) is 1.97. The first kappa shape index (κ1) is 12.6. The zero-order chi connectivity index (χ0) is 12.0. The second kappa shape index (κ2) is 6.23. The third kappa shape index (κ3) is 3.98. The molecule has 3 N–H and O–H groups in total. The zero-order valence-electron chi connectivity index (χ0n) is 9.32. The molecule has 0 saturated heterocycles. The van der Waals surface area contributed by atoms with Crippen LogP contribution in [0.15, 0.2) is 35.7 Å². The van der Waals surface area contributed by atoms with Crippen LogP contribution in [-0.4, -0.2) is 18.2 Å². The molecule has 0 aliphatic carbocycles. The van der Waals surface area contributed by atoms with E-state index in [1.165, 1.54) is 11.8 Å². The zero-order valence-corrected chi connectivity index (χ0v) is 10.1. The van der Waals surface area contributed by atoms with E-state index in [1.54, 1.807) is 6.08 Å². The van der Waals surface area contributed by atoms with Crippen LogP contribution in [0.25, 0.3) is 0 Å². The van der Waals surface area contributed by atoms with Crippen molar-refractivity contribution in [3.8, 4) is 0 Å². The summed E-state index contributed by atoms with van der Waals surface area (Å²) in [6, 6.07) is 5.83. The molecule has 0 atom stereocenters. The Hall–Kier alpha value is -1.42. The lowest BCUT2D eigenvalue weighted by Crippen LogP contribution is -2.24. The summed E-state index contributed by atoms with van der Waals surface area (Å²) in [5.74, 6) is 0.367. The highest BCUT2D eigenvalue weighted by Crippen LogP contribution is 2.25. The number of carbonyl (C=O) groups is 1.